The summed E-state index contributed by atoms with van der Waals surface area (Å²) in [7, 11) is 0. The Morgan fingerprint density at radius 2 is 2.36 bits per heavy atom. The molecule has 0 amide bonds. The van der Waals surface area contributed by atoms with E-state index < -0.39 is 0 Å². The van der Waals surface area contributed by atoms with Gasteiger partial charge in [0, 0.05) is 6.20 Å². The molecule has 0 aliphatic heterocycles. The fraction of sp³-hybridized carbons (Fsp3) is 0.300. The summed E-state index contributed by atoms with van der Waals surface area (Å²) in [4.78, 5) is 4.19. The van der Waals surface area contributed by atoms with Crippen molar-refractivity contribution >= 4 is 6.08 Å². The second-order valence-electron chi connectivity index (χ2n) is 2.60. The fourth-order valence-corrected chi connectivity index (χ4v) is 0.816. The molecule has 0 spiro atoms. The predicted molar refractivity (Wildman–Crippen MR) is 48.2 cm³/mol. The molecule has 58 valence electrons. The molecule has 0 atom stereocenters. The fourth-order valence-electron chi connectivity index (χ4n) is 0.816. The maximum absolute atomic E-state index is 4.19. The van der Waals surface area contributed by atoms with Crippen LogP contribution in [0, 0.1) is 0 Å². The number of allylic oxidation sites excluding steroid dienone is 1. The molecule has 11 heavy (non-hydrogen) atoms. The third-order valence-corrected chi connectivity index (χ3v) is 1.64. The van der Waals surface area contributed by atoms with Crippen LogP contribution in [0.15, 0.2) is 30.0 Å². The zero-order chi connectivity index (χ0) is 8.10. The Labute approximate surface area is 67.8 Å². The number of rotatable bonds is 2. The average molecular weight is 147 g/mol. The van der Waals surface area contributed by atoms with Gasteiger partial charge < -0.3 is 0 Å². The SMILES string of the molecule is CC/C(C)=C\c1ccccn1. The number of pyridine rings is 1. The first-order valence-corrected chi connectivity index (χ1v) is 3.91. The molecule has 1 aromatic heterocycles. The van der Waals surface area contributed by atoms with E-state index in [1.165, 1.54) is 5.57 Å². The second kappa shape index (κ2) is 3.91. The first-order chi connectivity index (χ1) is 5.33. The van der Waals surface area contributed by atoms with Crippen LogP contribution in [0.1, 0.15) is 26.0 Å². The van der Waals surface area contributed by atoms with E-state index in [4.69, 9.17) is 0 Å². The summed E-state index contributed by atoms with van der Waals surface area (Å²) in [5.74, 6) is 0. The normalized spacial score (nSPS) is 11.6. The molecule has 1 nitrogen and oxygen atoms in total. The van der Waals surface area contributed by atoms with Crippen molar-refractivity contribution in [3.05, 3.63) is 35.7 Å². The maximum Gasteiger partial charge on any atom is 0.0629 e. The number of nitrogens with zero attached hydrogens (tertiary/aromatic N) is 1. The molecule has 1 aromatic rings. The highest BCUT2D eigenvalue weighted by molar-refractivity contribution is 5.47. The summed E-state index contributed by atoms with van der Waals surface area (Å²) >= 11 is 0. The lowest BCUT2D eigenvalue weighted by Crippen LogP contribution is -1.78. The zero-order valence-corrected chi connectivity index (χ0v) is 7.04. The van der Waals surface area contributed by atoms with Gasteiger partial charge in [0.05, 0.1) is 5.69 Å². The summed E-state index contributed by atoms with van der Waals surface area (Å²) in [6, 6.07) is 5.94. The summed E-state index contributed by atoms with van der Waals surface area (Å²) in [5, 5.41) is 0. The van der Waals surface area contributed by atoms with Crippen LogP contribution in [-0.2, 0) is 0 Å². The van der Waals surface area contributed by atoms with E-state index in [-0.39, 0.29) is 0 Å². The number of hydrogen-bond donors (Lipinski definition) is 0. The van der Waals surface area contributed by atoms with Crippen LogP contribution in [0.2, 0.25) is 0 Å². The van der Waals surface area contributed by atoms with Gasteiger partial charge in [-0.25, -0.2) is 0 Å². The molecule has 0 bridgehead atoms. The van der Waals surface area contributed by atoms with Gasteiger partial charge in [0.2, 0.25) is 0 Å². The van der Waals surface area contributed by atoms with Crippen molar-refractivity contribution < 1.29 is 0 Å². The lowest BCUT2D eigenvalue weighted by molar-refractivity contribution is 1.11. The molecule has 0 aliphatic rings. The molecule has 1 heterocycles. The van der Waals surface area contributed by atoms with Crippen molar-refractivity contribution in [2.24, 2.45) is 0 Å². The van der Waals surface area contributed by atoms with Gasteiger partial charge in [-0.1, -0.05) is 18.6 Å². The third kappa shape index (κ3) is 2.54. The van der Waals surface area contributed by atoms with E-state index in [1.807, 2.05) is 24.4 Å². The average Bonchev–Trinajstić information content (AvgIpc) is 2.06. The molecular weight excluding hydrogens is 134 g/mol. The minimum atomic E-state index is 1.05. The molecule has 0 saturated heterocycles. The van der Waals surface area contributed by atoms with Crippen LogP contribution in [0.3, 0.4) is 0 Å². The van der Waals surface area contributed by atoms with Crippen molar-refractivity contribution in [2.45, 2.75) is 20.3 Å². The highest BCUT2D eigenvalue weighted by Crippen LogP contribution is 2.05. The molecule has 0 N–H and O–H groups in total. The Morgan fingerprint density at radius 1 is 1.55 bits per heavy atom. The van der Waals surface area contributed by atoms with Crippen LogP contribution < -0.4 is 0 Å². The van der Waals surface area contributed by atoms with E-state index in [0.717, 1.165) is 12.1 Å². The van der Waals surface area contributed by atoms with Crippen LogP contribution in [0.5, 0.6) is 0 Å². The standard InChI is InChI=1S/C10H13N/c1-3-9(2)8-10-6-4-5-7-11-10/h4-8H,3H2,1-2H3/b9-8-. The van der Waals surface area contributed by atoms with Crippen molar-refractivity contribution in [3.8, 4) is 0 Å². The lowest BCUT2D eigenvalue weighted by Gasteiger charge is -1.94. The first kappa shape index (κ1) is 7.99. The highest BCUT2D eigenvalue weighted by Gasteiger charge is 1.87. The molecule has 0 radical (unpaired) electrons. The van der Waals surface area contributed by atoms with Gasteiger partial charge in [-0.15, -0.1) is 0 Å². The van der Waals surface area contributed by atoms with Gasteiger partial charge in [0.25, 0.3) is 0 Å². The summed E-state index contributed by atoms with van der Waals surface area (Å²) in [6.07, 6.45) is 5.02. The van der Waals surface area contributed by atoms with Crippen molar-refractivity contribution in [1.29, 1.82) is 0 Å². The monoisotopic (exact) mass is 147 g/mol. The predicted octanol–water partition coefficient (Wildman–Crippen LogP) is 2.89. The molecule has 1 rings (SSSR count). The van der Waals surface area contributed by atoms with Crippen molar-refractivity contribution in [2.75, 3.05) is 0 Å². The Bertz CT molecular complexity index is 236. The van der Waals surface area contributed by atoms with Crippen LogP contribution in [0.4, 0.5) is 0 Å². The summed E-state index contributed by atoms with van der Waals surface area (Å²) < 4.78 is 0. The Balaban J connectivity index is 2.79. The highest BCUT2D eigenvalue weighted by atomic mass is 14.6. The minimum absolute atomic E-state index is 1.05. The lowest BCUT2D eigenvalue weighted by atomic mass is 10.2. The van der Waals surface area contributed by atoms with Crippen LogP contribution in [-0.4, -0.2) is 4.98 Å². The quantitative estimate of drug-likeness (QED) is 0.626. The van der Waals surface area contributed by atoms with Gasteiger partial charge >= 0.3 is 0 Å². The zero-order valence-electron chi connectivity index (χ0n) is 7.04. The second-order valence-corrected chi connectivity index (χ2v) is 2.60. The summed E-state index contributed by atoms with van der Waals surface area (Å²) in [5.41, 5.74) is 2.41. The van der Waals surface area contributed by atoms with E-state index in [9.17, 15) is 0 Å². The number of aromatic nitrogens is 1. The van der Waals surface area contributed by atoms with E-state index in [1.54, 1.807) is 0 Å². The molecule has 0 aliphatic carbocycles. The Morgan fingerprint density at radius 3 is 2.91 bits per heavy atom. The van der Waals surface area contributed by atoms with Crippen molar-refractivity contribution in [1.82, 2.24) is 4.98 Å². The minimum Gasteiger partial charge on any atom is -0.257 e. The van der Waals surface area contributed by atoms with Gasteiger partial charge in [0.1, 0.15) is 0 Å². The number of hydrogen-bond acceptors (Lipinski definition) is 1. The first-order valence-electron chi connectivity index (χ1n) is 3.91. The van der Waals surface area contributed by atoms with E-state index in [2.05, 4.69) is 24.9 Å². The van der Waals surface area contributed by atoms with Crippen molar-refractivity contribution in [3.63, 3.8) is 0 Å². The Hall–Kier alpha value is -1.11. The van der Waals surface area contributed by atoms with Crippen LogP contribution >= 0.6 is 0 Å². The molecule has 1 heteroatoms. The largest absolute Gasteiger partial charge is 0.257 e. The van der Waals surface area contributed by atoms with E-state index >= 15 is 0 Å². The van der Waals surface area contributed by atoms with Gasteiger partial charge in [-0.2, -0.15) is 0 Å². The van der Waals surface area contributed by atoms with Crippen LogP contribution in [0.25, 0.3) is 6.08 Å². The van der Waals surface area contributed by atoms with Gasteiger partial charge in [-0.05, 0) is 31.6 Å². The molecule has 0 aromatic carbocycles. The molecular formula is C10H13N. The molecule has 0 unspecified atom stereocenters. The maximum atomic E-state index is 4.19. The third-order valence-electron chi connectivity index (χ3n) is 1.64. The Kier molecular flexibility index (Phi) is 2.84. The van der Waals surface area contributed by atoms with Gasteiger partial charge in [0.15, 0.2) is 0 Å². The smallest absolute Gasteiger partial charge is 0.0629 e. The molecule has 0 saturated carbocycles. The van der Waals surface area contributed by atoms with Gasteiger partial charge in [-0.3, -0.25) is 4.98 Å². The van der Waals surface area contributed by atoms with E-state index in [0.29, 0.717) is 0 Å². The molecule has 0 fully saturated rings. The summed E-state index contributed by atoms with van der Waals surface area (Å²) in [6.45, 7) is 4.27. The topological polar surface area (TPSA) is 12.9 Å².